The van der Waals surface area contributed by atoms with E-state index in [1.165, 1.54) is 13.3 Å². The average molecular weight is 374 g/mol. The van der Waals surface area contributed by atoms with Crippen molar-refractivity contribution in [1.82, 2.24) is 9.80 Å². The first-order valence-electron chi connectivity index (χ1n) is 9.55. The van der Waals surface area contributed by atoms with Crippen LogP contribution in [0.3, 0.4) is 0 Å². The number of likely N-dealkylation sites (N-methyl/N-ethyl adjacent to an activating group) is 1. The molecule has 0 saturated carbocycles. The molecule has 1 aromatic carbocycles. The maximum Gasteiger partial charge on any atom is 0.243 e. The fourth-order valence-corrected chi connectivity index (χ4v) is 3.31. The van der Waals surface area contributed by atoms with E-state index in [9.17, 15) is 14.4 Å². The highest BCUT2D eigenvalue weighted by Gasteiger charge is 2.22. The van der Waals surface area contributed by atoms with Gasteiger partial charge >= 0.3 is 0 Å². The van der Waals surface area contributed by atoms with E-state index in [-0.39, 0.29) is 24.3 Å². The lowest BCUT2D eigenvalue weighted by Gasteiger charge is -2.32. The Morgan fingerprint density at radius 2 is 1.78 bits per heavy atom. The Bertz CT molecular complexity index is 660. The van der Waals surface area contributed by atoms with Crippen LogP contribution >= 0.6 is 0 Å². The van der Waals surface area contributed by atoms with Crippen LogP contribution in [0.15, 0.2) is 24.3 Å². The van der Waals surface area contributed by atoms with Gasteiger partial charge in [0.25, 0.3) is 0 Å². The minimum atomic E-state index is -0.232. The van der Waals surface area contributed by atoms with Crippen molar-refractivity contribution in [3.8, 4) is 0 Å². The van der Waals surface area contributed by atoms with Gasteiger partial charge in [0.1, 0.15) is 0 Å². The van der Waals surface area contributed by atoms with Crippen molar-refractivity contribution in [1.29, 1.82) is 0 Å². The fourth-order valence-electron chi connectivity index (χ4n) is 3.31. The SMILES string of the molecule is CCN(CC(=O)Nc1ccc(NC(C)=O)cc1)C(=O)CN1CCC[C@H](C)C1. The number of benzene rings is 1. The van der Waals surface area contributed by atoms with Crippen LogP contribution in [-0.2, 0) is 14.4 Å². The molecule has 3 amide bonds. The molecule has 1 aliphatic heterocycles. The molecule has 0 spiro atoms. The molecule has 0 unspecified atom stereocenters. The number of amides is 3. The van der Waals surface area contributed by atoms with Gasteiger partial charge in [-0.05, 0) is 56.5 Å². The molecule has 0 aromatic heterocycles. The molecule has 1 aliphatic rings. The summed E-state index contributed by atoms with van der Waals surface area (Å²) in [5, 5.41) is 5.47. The van der Waals surface area contributed by atoms with E-state index in [0.29, 0.717) is 30.4 Å². The normalized spacial score (nSPS) is 17.2. The van der Waals surface area contributed by atoms with Gasteiger partial charge in [0.15, 0.2) is 0 Å². The summed E-state index contributed by atoms with van der Waals surface area (Å²) < 4.78 is 0. The van der Waals surface area contributed by atoms with Gasteiger partial charge in [0, 0.05) is 31.4 Å². The zero-order chi connectivity index (χ0) is 19.8. The van der Waals surface area contributed by atoms with Crippen molar-refractivity contribution in [2.45, 2.75) is 33.6 Å². The van der Waals surface area contributed by atoms with Crippen molar-refractivity contribution in [2.75, 3.05) is 43.4 Å². The monoisotopic (exact) mass is 374 g/mol. The van der Waals surface area contributed by atoms with Crippen LogP contribution < -0.4 is 10.6 Å². The van der Waals surface area contributed by atoms with Crippen LogP contribution in [0.4, 0.5) is 11.4 Å². The maximum absolute atomic E-state index is 12.5. The molecular formula is C20H30N4O3. The Labute approximate surface area is 161 Å². The standard InChI is InChI=1S/C20H30N4O3/c1-4-24(20(27)14-23-11-5-6-15(2)12-23)13-19(26)22-18-9-7-17(8-10-18)21-16(3)25/h7-10,15H,4-6,11-14H2,1-3H3,(H,21,25)(H,22,26)/t15-/m0/s1. The second-order valence-corrected chi connectivity index (χ2v) is 7.20. The predicted molar refractivity (Wildman–Crippen MR) is 106 cm³/mol. The van der Waals surface area contributed by atoms with Crippen molar-refractivity contribution in [2.24, 2.45) is 5.92 Å². The van der Waals surface area contributed by atoms with E-state index in [0.717, 1.165) is 19.5 Å². The lowest BCUT2D eigenvalue weighted by atomic mass is 10.0. The second kappa shape index (κ2) is 10.1. The zero-order valence-corrected chi connectivity index (χ0v) is 16.5. The molecule has 1 saturated heterocycles. The van der Waals surface area contributed by atoms with Crippen molar-refractivity contribution < 1.29 is 14.4 Å². The molecule has 2 N–H and O–H groups in total. The molecule has 1 atom stereocenters. The lowest BCUT2D eigenvalue weighted by molar-refractivity contribution is -0.135. The first kappa shape index (κ1) is 20.9. The minimum Gasteiger partial charge on any atom is -0.333 e. The van der Waals surface area contributed by atoms with E-state index in [1.807, 2.05) is 6.92 Å². The molecule has 0 bridgehead atoms. The van der Waals surface area contributed by atoms with Crippen LogP contribution in [0.2, 0.25) is 0 Å². The van der Waals surface area contributed by atoms with Crippen LogP contribution in [0, 0.1) is 5.92 Å². The third-order valence-electron chi connectivity index (χ3n) is 4.66. The van der Waals surface area contributed by atoms with Crippen LogP contribution in [0.1, 0.15) is 33.6 Å². The summed E-state index contributed by atoms with van der Waals surface area (Å²) in [5.41, 5.74) is 1.30. The lowest BCUT2D eigenvalue weighted by Crippen LogP contribution is -2.46. The fraction of sp³-hybridized carbons (Fsp3) is 0.550. The number of nitrogens with one attached hydrogen (secondary N) is 2. The predicted octanol–water partition coefficient (Wildman–Crippen LogP) is 2.16. The van der Waals surface area contributed by atoms with E-state index in [2.05, 4.69) is 22.5 Å². The van der Waals surface area contributed by atoms with Crippen LogP contribution in [0.25, 0.3) is 0 Å². The van der Waals surface area contributed by atoms with Gasteiger partial charge in [0.05, 0.1) is 13.1 Å². The summed E-state index contributed by atoms with van der Waals surface area (Å²) in [6.45, 7) is 8.32. The van der Waals surface area contributed by atoms with Gasteiger partial charge in [-0.1, -0.05) is 6.92 Å². The zero-order valence-electron chi connectivity index (χ0n) is 16.5. The maximum atomic E-state index is 12.5. The summed E-state index contributed by atoms with van der Waals surface area (Å²) in [5.74, 6) is 0.226. The number of piperidine rings is 1. The molecule has 1 heterocycles. The number of hydrogen-bond donors (Lipinski definition) is 2. The van der Waals surface area contributed by atoms with E-state index in [4.69, 9.17) is 0 Å². The highest BCUT2D eigenvalue weighted by Crippen LogP contribution is 2.16. The number of likely N-dealkylation sites (tertiary alicyclic amines) is 1. The summed E-state index contributed by atoms with van der Waals surface area (Å²) in [7, 11) is 0. The smallest absolute Gasteiger partial charge is 0.243 e. The Hall–Kier alpha value is -2.41. The van der Waals surface area contributed by atoms with Gasteiger partial charge in [-0.15, -0.1) is 0 Å². The number of nitrogens with zero attached hydrogens (tertiary/aromatic N) is 2. The van der Waals surface area contributed by atoms with Crippen molar-refractivity contribution >= 4 is 29.1 Å². The molecule has 1 fully saturated rings. The minimum absolute atomic E-state index is 0.0113. The number of carbonyl (C=O) groups is 3. The third-order valence-corrected chi connectivity index (χ3v) is 4.66. The molecular weight excluding hydrogens is 344 g/mol. The molecule has 0 radical (unpaired) electrons. The van der Waals surface area contributed by atoms with Crippen LogP contribution in [-0.4, -0.2) is 60.2 Å². The molecule has 7 nitrogen and oxygen atoms in total. The second-order valence-electron chi connectivity index (χ2n) is 7.20. The molecule has 1 aromatic rings. The Balaban J connectivity index is 1.84. The van der Waals surface area contributed by atoms with E-state index >= 15 is 0 Å². The summed E-state index contributed by atoms with van der Waals surface area (Å²) in [6.07, 6.45) is 2.33. The van der Waals surface area contributed by atoms with Gasteiger partial charge in [-0.25, -0.2) is 0 Å². The summed E-state index contributed by atoms with van der Waals surface area (Å²) >= 11 is 0. The largest absolute Gasteiger partial charge is 0.333 e. The molecule has 2 rings (SSSR count). The van der Waals surface area contributed by atoms with E-state index in [1.54, 1.807) is 29.2 Å². The molecule has 0 aliphatic carbocycles. The summed E-state index contributed by atoms with van der Waals surface area (Å²) in [6, 6.07) is 6.88. The van der Waals surface area contributed by atoms with Crippen molar-refractivity contribution in [3.05, 3.63) is 24.3 Å². The highest BCUT2D eigenvalue weighted by atomic mass is 16.2. The Morgan fingerprint density at radius 3 is 2.33 bits per heavy atom. The number of hydrogen-bond acceptors (Lipinski definition) is 4. The van der Waals surface area contributed by atoms with Gasteiger partial charge in [0.2, 0.25) is 17.7 Å². The van der Waals surface area contributed by atoms with Crippen molar-refractivity contribution in [3.63, 3.8) is 0 Å². The first-order valence-corrected chi connectivity index (χ1v) is 9.55. The molecule has 27 heavy (non-hydrogen) atoms. The van der Waals surface area contributed by atoms with E-state index < -0.39 is 0 Å². The first-order chi connectivity index (χ1) is 12.9. The number of rotatable bonds is 7. The molecule has 148 valence electrons. The number of anilines is 2. The topological polar surface area (TPSA) is 81.8 Å². The summed E-state index contributed by atoms with van der Waals surface area (Å²) in [4.78, 5) is 39.6. The average Bonchev–Trinajstić information content (AvgIpc) is 2.61. The number of carbonyl (C=O) groups excluding carboxylic acids is 3. The highest BCUT2D eigenvalue weighted by molar-refractivity contribution is 5.95. The Kier molecular flexibility index (Phi) is 7.79. The quantitative estimate of drug-likeness (QED) is 0.766. The third kappa shape index (κ3) is 7.02. The van der Waals surface area contributed by atoms with Gasteiger partial charge < -0.3 is 15.5 Å². The Morgan fingerprint density at radius 1 is 1.15 bits per heavy atom. The molecule has 7 heteroatoms. The van der Waals surface area contributed by atoms with Gasteiger partial charge in [-0.3, -0.25) is 19.3 Å². The van der Waals surface area contributed by atoms with Gasteiger partial charge in [-0.2, -0.15) is 0 Å². The van der Waals surface area contributed by atoms with Crippen LogP contribution in [0.5, 0.6) is 0 Å².